The molecule has 0 bridgehead atoms. The van der Waals surface area contributed by atoms with Gasteiger partial charge in [0.05, 0.1) is 0 Å². The second-order valence-corrected chi connectivity index (χ2v) is 2.92. The van der Waals surface area contributed by atoms with Crippen LogP contribution in [-0.2, 0) is 11.2 Å². The number of rotatable bonds is 3. The maximum absolute atomic E-state index is 12.8. The monoisotopic (exact) mass is 201 g/mol. The van der Waals surface area contributed by atoms with Gasteiger partial charge in [-0.05, 0) is 17.7 Å². The summed E-state index contributed by atoms with van der Waals surface area (Å²) in [6.45, 7) is 0. The topological polar surface area (TPSA) is 63.3 Å². The summed E-state index contributed by atoms with van der Waals surface area (Å²) in [7, 11) is 0. The minimum absolute atomic E-state index is 0.122. The van der Waals surface area contributed by atoms with Crippen LogP contribution in [0.1, 0.15) is 5.56 Å². The highest BCUT2D eigenvalue weighted by Gasteiger charge is 2.36. The van der Waals surface area contributed by atoms with Crippen molar-refractivity contribution in [3.05, 3.63) is 29.8 Å². The SMILES string of the molecule is NC(=O)C(F)(F)Cc1cccc(O)c1. The van der Waals surface area contributed by atoms with Gasteiger partial charge < -0.3 is 10.8 Å². The van der Waals surface area contributed by atoms with Crippen LogP contribution in [0.3, 0.4) is 0 Å². The van der Waals surface area contributed by atoms with E-state index in [9.17, 15) is 13.6 Å². The summed E-state index contributed by atoms with van der Waals surface area (Å²) in [5.74, 6) is -5.36. The first kappa shape index (κ1) is 10.4. The number of carbonyl (C=O) groups excluding carboxylic acids is 1. The Labute approximate surface area is 79.2 Å². The van der Waals surface area contributed by atoms with Gasteiger partial charge in [0.15, 0.2) is 0 Å². The van der Waals surface area contributed by atoms with Crippen molar-refractivity contribution in [3.8, 4) is 5.75 Å². The maximum atomic E-state index is 12.8. The van der Waals surface area contributed by atoms with Crippen LogP contribution in [0.25, 0.3) is 0 Å². The lowest BCUT2D eigenvalue weighted by atomic mass is 10.1. The lowest BCUT2D eigenvalue weighted by Gasteiger charge is -2.11. The van der Waals surface area contributed by atoms with E-state index in [1.165, 1.54) is 18.2 Å². The molecule has 0 aliphatic heterocycles. The van der Waals surface area contributed by atoms with Gasteiger partial charge >= 0.3 is 5.92 Å². The second-order valence-electron chi connectivity index (χ2n) is 2.92. The first-order valence-corrected chi connectivity index (χ1v) is 3.87. The van der Waals surface area contributed by atoms with Gasteiger partial charge in [-0.3, -0.25) is 4.79 Å². The fourth-order valence-electron chi connectivity index (χ4n) is 1.01. The van der Waals surface area contributed by atoms with Gasteiger partial charge in [0.25, 0.3) is 5.91 Å². The standard InChI is InChI=1S/C9H9F2NO2/c10-9(11,8(12)14)5-6-2-1-3-7(13)4-6/h1-4,13H,5H2,(H2,12,14). The fraction of sp³-hybridized carbons (Fsp3) is 0.222. The first-order chi connectivity index (χ1) is 6.42. The molecular formula is C9H9F2NO2. The van der Waals surface area contributed by atoms with Crippen LogP contribution in [-0.4, -0.2) is 16.9 Å². The van der Waals surface area contributed by atoms with Crippen LogP contribution in [0.5, 0.6) is 5.75 Å². The van der Waals surface area contributed by atoms with Crippen molar-refractivity contribution >= 4 is 5.91 Å². The number of primary amides is 1. The van der Waals surface area contributed by atoms with Crippen molar-refractivity contribution in [2.24, 2.45) is 5.73 Å². The van der Waals surface area contributed by atoms with E-state index in [0.717, 1.165) is 6.07 Å². The Morgan fingerprint density at radius 3 is 2.64 bits per heavy atom. The van der Waals surface area contributed by atoms with Gasteiger partial charge in [0, 0.05) is 6.42 Å². The average Bonchev–Trinajstić information content (AvgIpc) is 2.02. The van der Waals surface area contributed by atoms with E-state index in [1.54, 1.807) is 0 Å². The molecule has 0 saturated heterocycles. The summed E-state index contributed by atoms with van der Waals surface area (Å²) in [5, 5.41) is 8.99. The molecule has 0 spiro atoms. The van der Waals surface area contributed by atoms with Crippen molar-refractivity contribution in [1.29, 1.82) is 0 Å². The number of amides is 1. The largest absolute Gasteiger partial charge is 0.508 e. The third-order valence-electron chi connectivity index (χ3n) is 1.70. The number of aromatic hydroxyl groups is 1. The van der Waals surface area contributed by atoms with Crippen molar-refractivity contribution < 1.29 is 18.7 Å². The van der Waals surface area contributed by atoms with Crippen molar-refractivity contribution in [1.82, 2.24) is 0 Å². The molecule has 1 aromatic carbocycles. The second kappa shape index (κ2) is 3.61. The van der Waals surface area contributed by atoms with E-state index >= 15 is 0 Å². The van der Waals surface area contributed by atoms with Gasteiger partial charge in [-0.15, -0.1) is 0 Å². The zero-order valence-corrected chi connectivity index (χ0v) is 7.21. The number of benzene rings is 1. The Balaban J connectivity index is 2.83. The van der Waals surface area contributed by atoms with E-state index in [4.69, 9.17) is 5.11 Å². The van der Waals surface area contributed by atoms with Crippen LogP contribution < -0.4 is 5.73 Å². The molecule has 3 nitrogen and oxygen atoms in total. The molecule has 1 amide bonds. The molecule has 0 heterocycles. The Bertz CT molecular complexity index is 352. The van der Waals surface area contributed by atoms with E-state index in [1.807, 2.05) is 0 Å². The molecule has 5 heteroatoms. The third kappa shape index (κ3) is 2.42. The molecule has 0 atom stereocenters. The Hall–Kier alpha value is -1.65. The fourth-order valence-corrected chi connectivity index (χ4v) is 1.01. The molecular weight excluding hydrogens is 192 g/mol. The summed E-state index contributed by atoms with van der Waals surface area (Å²) in [6, 6.07) is 5.32. The molecule has 3 N–H and O–H groups in total. The highest BCUT2D eigenvalue weighted by molar-refractivity contribution is 5.81. The van der Waals surface area contributed by atoms with E-state index in [0.29, 0.717) is 0 Å². The number of hydrogen-bond acceptors (Lipinski definition) is 2. The predicted octanol–water partition coefficient (Wildman–Crippen LogP) is 1.06. The van der Waals surface area contributed by atoms with E-state index in [2.05, 4.69) is 5.73 Å². The number of phenols is 1. The molecule has 76 valence electrons. The van der Waals surface area contributed by atoms with Crippen LogP contribution in [0.15, 0.2) is 24.3 Å². The van der Waals surface area contributed by atoms with Crippen LogP contribution in [0.4, 0.5) is 8.78 Å². The number of alkyl halides is 2. The van der Waals surface area contributed by atoms with Gasteiger partial charge in [-0.25, -0.2) is 0 Å². The summed E-state index contributed by atoms with van der Waals surface area (Å²) in [4.78, 5) is 10.3. The molecule has 0 fully saturated rings. The van der Waals surface area contributed by atoms with Crippen molar-refractivity contribution in [2.75, 3.05) is 0 Å². The number of hydrogen-bond donors (Lipinski definition) is 2. The van der Waals surface area contributed by atoms with Gasteiger partial charge in [0.2, 0.25) is 0 Å². The van der Waals surface area contributed by atoms with E-state index < -0.39 is 18.3 Å². The third-order valence-corrected chi connectivity index (χ3v) is 1.70. The van der Waals surface area contributed by atoms with Gasteiger partial charge in [-0.1, -0.05) is 12.1 Å². The molecule has 0 aromatic heterocycles. The molecule has 0 aliphatic carbocycles. The summed E-state index contributed by atoms with van der Waals surface area (Å²) in [6.07, 6.45) is -0.795. The minimum atomic E-state index is -3.58. The smallest absolute Gasteiger partial charge is 0.328 e. The Morgan fingerprint density at radius 2 is 2.14 bits per heavy atom. The predicted molar refractivity (Wildman–Crippen MR) is 46.0 cm³/mol. The van der Waals surface area contributed by atoms with Crippen molar-refractivity contribution in [3.63, 3.8) is 0 Å². The summed E-state index contributed by atoms with van der Waals surface area (Å²) >= 11 is 0. The first-order valence-electron chi connectivity index (χ1n) is 3.87. The highest BCUT2D eigenvalue weighted by Crippen LogP contribution is 2.21. The maximum Gasteiger partial charge on any atom is 0.328 e. The van der Waals surface area contributed by atoms with Crippen molar-refractivity contribution in [2.45, 2.75) is 12.3 Å². The summed E-state index contributed by atoms with van der Waals surface area (Å²) < 4.78 is 25.6. The highest BCUT2D eigenvalue weighted by atomic mass is 19.3. The normalized spacial score (nSPS) is 11.3. The summed E-state index contributed by atoms with van der Waals surface area (Å²) in [5.41, 5.74) is 4.67. The van der Waals surface area contributed by atoms with Crippen LogP contribution in [0, 0.1) is 0 Å². The molecule has 0 aliphatic rings. The molecule has 14 heavy (non-hydrogen) atoms. The minimum Gasteiger partial charge on any atom is -0.508 e. The molecule has 1 rings (SSSR count). The Morgan fingerprint density at radius 1 is 1.50 bits per heavy atom. The zero-order chi connectivity index (χ0) is 10.8. The van der Waals surface area contributed by atoms with Gasteiger partial charge in [0.1, 0.15) is 5.75 Å². The average molecular weight is 201 g/mol. The van der Waals surface area contributed by atoms with Gasteiger partial charge in [-0.2, -0.15) is 8.78 Å². The molecule has 0 saturated carbocycles. The number of nitrogens with two attached hydrogens (primary N) is 1. The zero-order valence-electron chi connectivity index (χ0n) is 7.21. The lowest BCUT2D eigenvalue weighted by Crippen LogP contribution is -2.37. The number of carbonyl (C=O) groups is 1. The van der Waals surface area contributed by atoms with E-state index in [-0.39, 0.29) is 11.3 Å². The lowest BCUT2D eigenvalue weighted by molar-refractivity contribution is -0.141. The Kier molecular flexibility index (Phi) is 2.69. The van der Waals surface area contributed by atoms with Crippen LogP contribution in [0.2, 0.25) is 0 Å². The van der Waals surface area contributed by atoms with Crippen LogP contribution >= 0.6 is 0 Å². The number of phenolic OH excluding ortho intramolecular Hbond substituents is 1. The molecule has 1 aromatic rings. The quantitative estimate of drug-likeness (QED) is 0.767. The number of halogens is 2. The molecule has 0 unspecified atom stereocenters. The molecule has 0 radical (unpaired) electrons.